The van der Waals surface area contributed by atoms with Crippen molar-refractivity contribution in [2.45, 2.75) is 108 Å². The molecule has 11 heteroatoms. The Morgan fingerprint density at radius 1 is 0.887 bits per heavy atom. The van der Waals surface area contributed by atoms with Gasteiger partial charge in [0.15, 0.2) is 0 Å². The average molecular weight is 767 g/mol. The Morgan fingerprint density at radius 3 is 2.15 bits per heavy atom. The quantitative estimate of drug-likeness (QED) is 0.110. The molecule has 3 aromatic carbocycles. The van der Waals surface area contributed by atoms with Gasteiger partial charge < -0.3 is 28.6 Å². The molecule has 0 bridgehead atoms. The van der Waals surface area contributed by atoms with Crippen LogP contribution in [-0.4, -0.2) is 91.5 Å². The van der Waals surface area contributed by atoms with Crippen LogP contribution in [0.2, 0.25) is 16.6 Å². The second-order valence-corrected chi connectivity index (χ2v) is 23.0. The minimum atomic E-state index is -3.87. The molecular formula is C42H62N2O7SSi. The van der Waals surface area contributed by atoms with E-state index in [1.807, 2.05) is 31.2 Å². The van der Waals surface area contributed by atoms with Crippen molar-refractivity contribution in [1.82, 2.24) is 4.31 Å². The van der Waals surface area contributed by atoms with Gasteiger partial charge in [-0.3, -0.25) is 0 Å². The van der Waals surface area contributed by atoms with Crippen molar-refractivity contribution in [2.75, 3.05) is 58.0 Å². The van der Waals surface area contributed by atoms with Gasteiger partial charge in [0.25, 0.3) is 0 Å². The molecule has 1 fully saturated rings. The van der Waals surface area contributed by atoms with Gasteiger partial charge in [-0.05, 0) is 77.3 Å². The highest BCUT2D eigenvalue weighted by Gasteiger charge is 2.51. The number of methoxy groups -OCH3 is 1. The number of hydrogen-bond acceptors (Lipinski definition) is 8. The first-order valence-corrected chi connectivity index (χ1v) is 22.9. The molecule has 2 aliphatic heterocycles. The topological polar surface area (TPSA) is 97.8 Å². The van der Waals surface area contributed by atoms with Crippen LogP contribution in [0.1, 0.15) is 76.1 Å². The summed E-state index contributed by atoms with van der Waals surface area (Å²) in [5.74, 6) is 0.634. The highest BCUT2D eigenvalue weighted by Crippen LogP contribution is 2.46. The molecule has 0 spiro atoms. The van der Waals surface area contributed by atoms with E-state index in [9.17, 15) is 13.5 Å². The maximum absolute atomic E-state index is 14.5. The van der Waals surface area contributed by atoms with E-state index in [2.05, 4.69) is 76.8 Å². The zero-order valence-corrected chi connectivity index (χ0v) is 34.9. The number of aryl methyl sites for hydroxylation is 1. The Balaban J connectivity index is 1.56. The van der Waals surface area contributed by atoms with Gasteiger partial charge in [-0.2, -0.15) is 4.31 Å². The molecule has 0 aliphatic carbocycles. The van der Waals surface area contributed by atoms with Crippen molar-refractivity contribution in [2.24, 2.45) is 0 Å². The molecule has 5 rings (SSSR count). The lowest BCUT2D eigenvalue weighted by Gasteiger charge is -2.50. The van der Waals surface area contributed by atoms with Crippen LogP contribution in [0.4, 0.5) is 5.69 Å². The van der Waals surface area contributed by atoms with Crippen LogP contribution >= 0.6 is 0 Å². The Hall–Kier alpha value is -2.77. The number of nitrogens with zero attached hydrogens (tertiary/aromatic N) is 2. The van der Waals surface area contributed by atoms with Crippen LogP contribution in [0, 0.1) is 6.92 Å². The van der Waals surface area contributed by atoms with Gasteiger partial charge >= 0.3 is 0 Å². The zero-order valence-electron chi connectivity index (χ0n) is 33.1. The summed E-state index contributed by atoms with van der Waals surface area (Å²) in [6.07, 6.45) is 0.547. The molecule has 292 valence electrons. The predicted molar refractivity (Wildman–Crippen MR) is 215 cm³/mol. The number of anilines is 1. The molecule has 0 radical (unpaired) electrons. The fourth-order valence-corrected chi connectivity index (χ4v) is 15.7. The number of ether oxygens (including phenoxy) is 3. The average Bonchev–Trinajstić information content (AvgIpc) is 3.13. The molecule has 0 saturated carbocycles. The molecule has 0 amide bonds. The lowest BCUT2D eigenvalue weighted by Crippen LogP contribution is -2.59. The highest BCUT2D eigenvalue weighted by atomic mass is 32.2. The Bertz CT molecular complexity index is 1690. The first-order valence-electron chi connectivity index (χ1n) is 19.4. The minimum absolute atomic E-state index is 0.0764. The first-order chi connectivity index (χ1) is 25.3. The van der Waals surface area contributed by atoms with Crippen LogP contribution in [0.3, 0.4) is 0 Å². The standard InChI is InChI=1S/C42H62N2O7SSi/c1-30(2)53(31(3)4,32(5)6)51-41-28-44(52(46,47)37-17-10-33(7)11-18-37)27-40(42(41)36-15-12-34(13-16-36)20-23-45)50-29-35-14-19-39-38(26-35)43(22-25-49-39)21-9-24-48-8/h10-19,26,30-32,40-42,45H,9,20-25,27-29H2,1-8H3/t40-,41+,42+/m0/s1. The van der Waals surface area contributed by atoms with E-state index in [-0.39, 0.29) is 30.5 Å². The van der Waals surface area contributed by atoms with Gasteiger partial charge in [-0.15, -0.1) is 0 Å². The maximum Gasteiger partial charge on any atom is 0.243 e. The number of fused-ring (bicyclic) bond motifs is 1. The Labute approximate surface area is 319 Å². The van der Waals surface area contributed by atoms with E-state index in [0.29, 0.717) is 42.9 Å². The third kappa shape index (κ3) is 9.37. The Morgan fingerprint density at radius 2 is 1.53 bits per heavy atom. The van der Waals surface area contributed by atoms with E-state index >= 15 is 0 Å². The number of aliphatic hydroxyl groups excluding tert-OH is 1. The first kappa shape index (κ1) is 41.4. The number of piperidine rings is 1. The normalized spacial score (nSPS) is 19.9. The summed E-state index contributed by atoms with van der Waals surface area (Å²) in [5, 5.41) is 9.63. The fourth-order valence-electron chi connectivity index (χ4n) is 8.64. The van der Waals surface area contributed by atoms with E-state index in [1.165, 1.54) is 0 Å². The largest absolute Gasteiger partial charge is 0.490 e. The van der Waals surface area contributed by atoms with Crippen molar-refractivity contribution >= 4 is 24.0 Å². The number of hydrogen-bond donors (Lipinski definition) is 1. The van der Waals surface area contributed by atoms with Crippen molar-refractivity contribution in [1.29, 1.82) is 0 Å². The lowest BCUT2D eigenvalue weighted by molar-refractivity contribution is -0.0504. The number of aliphatic hydroxyl groups is 1. The SMILES string of the molecule is COCCCN1CCOc2ccc(CO[C@H]3CN(S(=O)(=O)c4ccc(C)cc4)C[C@@H](O[Si](C(C)C)(C(C)C)C(C)C)[C@@H]3c3ccc(CCO)cc3)cc21. The second-order valence-electron chi connectivity index (χ2n) is 15.7. The van der Waals surface area contributed by atoms with Crippen LogP contribution in [0.25, 0.3) is 0 Å². The maximum atomic E-state index is 14.5. The zero-order chi connectivity index (χ0) is 38.3. The molecular weight excluding hydrogens is 705 g/mol. The van der Waals surface area contributed by atoms with Crippen LogP contribution in [0.15, 0.2) is 71.6 Å². The predicted octanol–water partition coefficient (Wildman–Crippen LogP) is 7.70. The van der Waals surface area contributed by atoms with Crippen LogP contribution < -0.4 is 9.64 Å². The summed E-state index contributed by atoms with van der Waals surface area (Å²) in [7, 11) is -4.62. The summed E-state index contributed by atoms with van der Waals surface area (Å²) in [5.41, 5.74) is 6.07. The fraction of sp³-hybridized carbons (Fsp3) is 0.571. The van der Waals surface area contributed by atoms with Crippen molar-refractivity contribution in [3.63, 3.8) is 0 Å². The molecule has 3 atom stereocenters. The second kappa shape index (κ2) is 18.2. The van der Waals surface area contributed by atoms with Gasteiger partial charge in [0.2, 0.25) is 18.3 Å². The summed E-state index contributed by atoms with van der Waals surface area (Å²) < 4.78 is 56.4. The van der Waals surface area contributed by atoms with Crippen LogP contribution in [-0.2, 0) is 37.0 Å². The smallest absolute Gasteiger partial charge is 0.243 e. The third-order valence-corrected chi connectivity index (χ3v) is 19.2. The van der Waals surface area contributed by atoms with E-state index in [4.69, 9.17) is 18.6 Å². The van der Waals surface area contributed by atoms with Gasteiger partial charge in [-0.1, -0.05) is 89.6 Å². The Kier molecular flexibility index (Phi) is 14.2. The summed E-state index contributed by atoms with van der Waals surface area (Å²) >= 11 is 0. The molecule has 53 heavy (non-hydrogen) atoms. The highest BCUT2D eigenvalue weighted by molar-refractivity contribution is 7.89. The molecule has 0 unspecified atom stereocenters. The van der Waals surface area contributed by atoms with Gasteiger partial charge in [0.05, 0.1) is 35.9 Å². The molecule has 1 saturated heterocycles. The van der Waals surface area contributed by atoms with Crippen molar-refractivity contribution in [3.05, 3.63) is 89.0 Å². The monoisotopic (exact) mass is 766 g/mol. The van der Waals surface area contributed by atoms with Gasteiger partial charge in [-0.25, -0.2) is 8.42 Å². The lowest BCUT2D eigenvalue weighted by atomic mass is 9.85. The molecule has 1 N–H and O–H groups in total. The minimum Gasteiger partial charge on any atom is -0.490 e. The molecule has 0 aromatic heterocycles. The third-order valence-electron chi connectivity index (χ3n) is 11.3. The van der Waals surface area contributed by atoms with Gasteiger partial charge in [0.1, 0.15) is 12.4 Å². The van der Waals surface area contributed by atoms with Crippen molar-refractivity contribution in [3.8, 4) is 5.75 Å². The number of benzene rings is 3. The molecule has 2 aliphatic rings. The van der Waals surface area contributed by atoms with E-state index in [1.54, 1.807) is 23.5 Å². The molecule has 3 aromatic rings. The van der Waals surface area contributed by atoms with E-state index in [0.717, 1.165) is 53.2 Å². The van der Waals surface area contributed by atoms with Crippen molar-refractivity contribution < 1.29 is 32.2 Å². The summed E-state index contributed by atoms with van der Waals surface area (Å²) in [6, 6.07) is 21.7. The summed E-state index contributed by atoms with van der Waals surface area (Å²) in [4.78, 5) is 2.61. The number of rotatable bonds is 17. The molecule has 2 heterocycles. The molecule has 9 nitrogen and oxygen atoms in total. The number of sulfonamides is 1. The van der Waals surface area contributed by atoms with E-state index < -0.39 is 30.5 Å². The summed E-state index contributed by atoms with van der Waals surface area (Å²) in [6.45, 7) is 19.3. The van der Waals surface area contributed by atoms with Crippen LogP contribution in [0.5, 0.6) is 5.75 Å². The van der Waals surface area contributed by atoms with Gasteiger partial charge in [0, 0.05) is 45.9 Å².